The Kier molecular flexibility index (Phi) is 7.79. The zero-order chi connectivity index (χ0) is 26.7. The van der Waals surface area contributed by atoms with E-state index in [9.17, 15) is 19.3 Å². The van der Waals surface area contributed by atoms with Gasteiger partial charge in [0, 0.05) is 5.92 Å². The first-order valence-corrected chi connectivity index (χ1v) is 13.1. The minimum absolute atomic E-state index is 0.0654. The number of nitrogens with one attached hydrogen (secondary N) is 2. The van der Waals surface area contributed by atoms with Crippen molar-refractivity contribution in [1.82, 2.24) is 24.6 Å². The van der Waals surface area contributed by atoms with Crippen LogP contribution in [0.4, 0.5) is 5.95 Å². The van der Waals surface area contributed by atoms with Crippen LogP contribution in [0.1, 0.15) is 26.3 Å². The first-order chi connectivity index (χ1) is 17.6. The molecule has 0 radical (unpaired) electrons. The first kappa shape index (κ1) is 26.6. The Morgan fingerprint density at radius 2 is 2.11 bits per heavy atom. The Morgan fingerprint density at radius 3 is 2.81 bits per heavy atom. The highest BCUT2D eigenvalue weighted by Gasteiger charge is 2.40. The summed E-state index contributed by atoms with van der Waals surface area (Å²) >= 11 is 0. The van der Waals surface area contributed by atoms with Gasteiger partial charge < -0.3 is 24.7 Å². The highest BCUT2D eigenvalue weighted by atomic mass is 31.2. The number of fused-ring (bicyclic) bond motifs is 1. The Morgan fingerprint density at radius 1 is 1.38 bits per heavy atom. The molecule has 13 nitrogen and oxygen atoms in total. The van der Waals surface area contributed by atoms with Gasteiger partial charge in [0.1, 0.15) is 12.3 Å². The molecule has 2 aromatic heterocycles. The summed E-state index contributed by atoms with van der Waals surface area (Å²) in [6.07, 6.45) is 0.400. The molecule has 37 heavy (non-hydrogen) atoms. The predicted octanol–water partition coefficient (Wildman–Crippen LogP) is 1.92. The van der Waals surface area contributed by atoms with E-state index in [0.29, 0.717) is 5.57 Å². The van der Waals surface area contributed by atoms with Crippen LogP contribution in [0.15, 0.2) is 53.6 Å². The van der Waals surface area contributed by atoms with Crippen LogP contribution in [-0.4, -0.2) is 56.0 Å². The van der Waals surface area contributed by atoms with Gasteiger partial charge in [-0.3, -0.25) is 19.1 Å². The molecule has 0 aliphatic heterocycles. The largest absolute Gasteiger partial charge is 0.462 e. The average Bonchev–Trinajstić information content (AvgIpc) is 3.37. The van der Waals surface area contributed by atoms with Crippen molar-refractivity contribution in [1.29, 1.82) is 0 Å². The SMILES string of the molecule is C=C1[C@H](COP(=O)(NCC(=O)OC(C)C)Oc2ccccc2)[C@@H](O)C[C@@H]1n1cnc2c(=O)[nH]c(N)nc21. The number of benzene rings is 1. The monoisotopic (exact) mass is 532 g/mol. The zero-order valence-corrected chi connectivity index (χ0v) is 21.3. The average molecular weight is 532 g/mol. The summed E-state index contributed by atoms with van der Waals surface area (Å²) in [6.45, 7) is 6.86. The quantitative estimate of drug-likeness (QED) is 0.170. The lowest BCUT2D eigenvalue weighted by Crippen LogP contribution is -2.28. The van der Waals surface area contributed by atoms with E-state index < -0.39 is 43.9 Å². The van der Waals surface area contributed by atoms with Crippen molar-refractivity contribution in [3.8, 4) is 5.75 Å². The zero-order valence-electron chi connectivity index (χ0n) is 20.4. The summed E-state index contributed by atoms with van der Waals surface area (Å²) in [5.41, 5.74) is 6.13. The molecule has 1 unspecified atom stereocenters. The van der Waals surface area contributed by atoms with Crippen LogP contribution < -0.4 is 20.9 Å². The number of imidazole rings is 1. The molecule has 1 aliphatic rings. The van der Waals surface area contributed by atoms with Crippen LogP contribution in [0.2, 0.25) is 0 Å². The van der Waals surface area contributed by atoms with E-state index >= 15 is 0 Å². The number of anilines is 1. The molecule has 0 bridgehead atoms. The van der Waals surface area contributed by atoms with Crippen LogP contribution in [0.25, 0.3) is 11.2 Å². The summed E-state index contributed by atoms with van der Waals surface area (Å²) in [5.74, 6) is -1.07. The third kappa shape index (κ3) is 6.08. The number of carbonyl (C=O) groups is 1. The van der Waals surface area contributed by atoms with Gasteiger partial charge in [0.2, 0.25) is 5.95 Å². The van der Waals surface area contributed by atoms with Gasteiger partial charge in [0.05, 0.1) is 31.2 Å². The first-order valence-electron chi connectivity index (χ1n) is 11.6. The number of esters is 1. The van der Waals surface area contributed by atoms with E-state index in [1.807, 2.05) is 0 Å². The van der Waals surface area contributed by atoms with Crippen molar-refractivity contribution in [3.05, 3.63) is 59.2 Å². The Labute approximate surface area is 212 Å². The smallest absolute Gasteiger partial charge is 0.459 e. The number of para-hydroxylation sites is 1. The number of aromatic nitrogens is 4. The van der Waals surface area contributed by atoms with Crippen molar-refractivity contribution >= 4 is 30.8 Å². The molecule has 0 saturated heterocycles. The molecule has 4 atom stereocenters. The number of nitrogens with two attached hydrogens (primary N) is 1. The fourth-order valence-corrected chi connectivity index (χ4v) is 5.38. The molecule has 1 aromatic carbocycles. The second-order valence-corrected chi connectivity index (χ2v) is 10.6. The molecule has 0 amide bonds. The molecular weight excluding hydrogens is 503 g/mol. The van der Waals surface area contributed by atoms with Crippen molar-refractivity contribution < 1.29 is 28.3 Å². The highest BCUT2D eigenvalue weighted by Crippen LogP contribution is 2.47. The van der Waals surface area contributed by atoms with Crippen LogP contribution in [0.5, 0.6) is 5.75 Å². The van der Waals surface area contributed by atoms with Gasteiger partial charge >= 0.3 is 13.7 Å². The molecule has 0 spiro atoms. The number of aromatic amines is 1. The number of H-pyrrole nitrogens is 1. The Balaban J connectivity index is 1.50. The van der Waals surface area contributed by atoms with Crippen molar-refractivity contribution in [3.63, 3.8) is 0 Å². The lowest BCUT2D eigenvalue weighted by molar-refractivity contribution is -0.145. The van der Waals surface area contributed by atoms with Crippen LogP contribution in [-0.2, 0) is 18.6 Å². The molecule has 2 heterocycles. The van der Waals surface area contributed by atoms with E-state index in [1.165, 1.54) is 6.33 Å². The summed E-state index contributed by atoms with van der Waals surface area (Å²) < 4.78 is 31.5. The lowest BCUT2D eigenvalue weighted by atomic mass is 10.0. The maximum atomic E-state index is 13.6. The van der Waals surface area contributed by atoms with Crippen molar-refractivity contribution in [2.24, 2.45) is 5.92 Å². The standard InChI is InChI=1S/C23H29N6O7P/c1-13(2)35-19(31)10-26-37(33,36-15-7-5-4-6-8-15)34-11-16-14(3)17(9-18(16)30)29-12-25-20-21(29)27-23(24)28-22(20)32/h4-8,12-13,16-18,30H,3,9-11H2,1-2H3,(H,26,33)(H3,24,27,28,32)/t16-,17-,18-,37?/m0/s1. The molecule has 4 rings (SSSR count). The number of hydrogen-bond acceptors (Lipinski definition) is 10. The lowest BCUT2D eigenvalue weighted by Gasteiger charge is -2.23. The topological polar surface area (TPSA) is 184 Å². The fourth-order valence-electron chi connectivity index (χ4n) is 4.09. The fraction of sp³-hybridized carbons (Fsp3) is 0.391. The van der Waals surface area contributed by atoms with Crippen LogP contribution in [0, 0.1) is 5.92 Å². The minimum atomic E-state index is -4.07. The van der Waals surface area contributed by atoms with Crippen molar-refractivity contribution in [2.45, 2.75) is 38.5 Å². The summed E-state index contributed by atoms with van der Waals surface area (Å²) in [5, 5.41) is 13.3. The molecule has 3 aromatic rings. The molecule has 1 fully saturated rings. The number of carbonyl (C=O) groups excluding carboxylic acids is 1. The maximum absolute atomic E-state index is 13.6. The van der Waals surface area contributed by atoms with E-state index in [4.69, 9.17) is 19.5 Å². The Hall–Kier alpha value is -3.51. The number of hydrogen-bond donors (Lipinski definition) is 4. The Bertz CT molecular complexity index is 1390. The maximum Gasteiger partial charge on any atom is 0.459 e. The third-order valence-electron chi connectivity index (χ3n) is 5.80. The van der Waals surface area contributed by atoms with Gasteiger partial charge in [-0.15, -0.1) is 0 Å². The number of aliphatic hydroxyl groups is 1. The number of aliphatic hydroxyl groups excluding tert-OH is 1. The highest BCUT2D eigenvalue weighted by molar-refractivity contribution is 7.52. The molecule has 5 N–H and O–H groups in total. The number of nitrogen functional groups attached to an aromatic ring is 1. The number of rotatable bonds is 10. The van der Waals surface area contributed by atoms with Gasteiger partial charge in [-0.25, -0.2) is 14.6 Å². The van der Waals surface area contributed by atoms with E-state index in [0.717, 1.165) is 0 Å². The molecular formula is C23H29N6O7P. The normalized spacial score (nSPS) is 21.3. The minimum Gasteiger partial charge on any atom is -0.462 e. The van der Waals surface area contributed by atoms with Gasteiger partial charge in [-0.05, 0) is 38.0 Å². The molecule has 198 valence electrons. The molecule has 1 aliphatic carbocycles. The number of ether oxygens (including phenoxy) is 1. The summed E-state index contributed by atoms with van der Waals surface area (Å²) in [4.78, 5) is 34.8. The summed E-state index contributed by atoms with van der Waals surface area (Å²) in [6, 6.07) is 7.87. The van der Waals surface area contributed by atoms with E-state index in [2.05, 4.69) is 26.6 Å². The second-order valence-electron chi connectivity index (χ2n) is 8.85. The van der Waals surface area contributed by atoms with Crippen LogP contribution in [0.3, 0.4) is 0 Å². The molecule has 1 saturated carbocycles. The van der Waals surface area contributed by atoms with Gasteiger partial charge in [0.15, 0.2) is 11.2 Å². The van der Waals surface area contributed by atoms with Gasteiger partial charge in [0.25, 0.3) is 5.56 Å². The predicted molar refractivity (Wildman–Crippen MR) is 135 cm³/mol. The van der Waals surface area contributed by atoms with Gasteiger partial charge in [-0.2, -0.15) is 4.98 Å². The van der Waals surface area contributed by atoms with Crippen LogP contribution >= 0.6 is 7.75 Å². The summed E-state index contributed by atoms with van der Waals surface area (Å²) in [7, 11) is -4.07. The number of nitrogens with zero attached hydrogens (tertiary/aromatic N) is 3. The van der Waals surface area contributed by atoms with E-state index in [-0.39, 0.29) is 42.0 Å². The van der Waals surface area contributed by atoms with Crippen molar-refractivity contribution in [2.75, 3.05) is 18.9 Å². The van der Waals surface area contributed by atoms with E-state index in [1.54, 1.807) is 48.7 Å². The third-order valence-corrected chi connectivity index (χ3v) is 7.28. The molecule has 14 heteroatoms. The second kappa shape index (κ2) is 10.9. The van der Waals surface area contributed by atoms with Gasteiger partial charge in [-0.1, -0.05) is 24.8 Å².